The van der Waals surface area contributed by atoms with Crippen LogP contribution in [-0.4, -0.2) is 7.11 Å². The van der Waals surface area contributed by atoms with E-state index in [4.69, 9.17) is 16.3 Å². The van der Waals surface area contributed by atoms with Gasteiger partial charge >= 0.3 is 0 Å². The van der Waals surface area contributed by atoms with Gasteiger partial charge in [-0.2, -0.15) is 0 Å². The molecular weight excluding hydrogens is 292 g/mol. The van der Waals surface area contributed by atoms with Crippen molar-refractivity contribution in [1.82, 2.24) is 0 Å². The molecule has 0 radical (unpaired) electrons. The van der Waals surface area contributed by atoms with E-state index < -0.39 is 0 Å². The van der Waals surface area contributed by atoms with E-state index in [0.717, 1.165) is 16.3 Å². The number of hydrogen-bond acceptors (Lipinski definition) is 1. The molecule has 0 bridgehead atoms. The van der Waals surface area contributed by atoms with E-state index in [1.165, 1.54) is 22.3 Å². The summed E-state index contributed by atoms with van der Waals surface area (Å²) in [5.41, 5.74) is 6.11. The maximum absolute atomic E-state index is 6.15. The normalized spacial score (nSPS) is 18.8. The summed E-state index contributed by atoms with van der Waals surface area (Å²) in [7, 11) is 1.72. The molecule has 108 valence electrons. The Balaban J connectivity index is 1.90. The fraction of sp³-hybridized carbons (Fsp3) is 0.100. The van der Waals surface area contributed by atoms with Crippen LogP contribution in [0.15, 0.2) is 72.0 Å². The Kier molecular flexibility index (Phi) is 3.16. The number of ether oxygens (including phenoxy) is 1. The van der Waals surface area contributed by atoms with Gasteiger partial charge in [0.2, 0.25) is 0 Å². The molecule has 2 heteroatoms. The van der Waals surface area contributed by atoms with Crippen molar-refractivity contribution in [3.63, 3.8) is 0 Å². The van der Waals surface area contributed by atoms with E-state index in [9.17, 15) is 0 Å². The Morgan fingerprint density at radius 3 is 2.64 bits per heavy atom. The summed E-state index contributed by atoms with van der Waals surface area (Å²) in [6, 6.07) is 16.6. The molecule has 2 aliphatic rings. The quantitative estimate of drug-likeness (QED) is 0.717. The molecule has 0 heterocycles. The highest BCUT2D eigenvalue weighted by Crippen LogP contribution is 2.48. The van der Waals surface area contributed by atoms with Gasteiger partial charge in [-0.05, 0) is 46.5 Å². The molecule has 2 aromatic carbocycles. The van der Waals surface area contributed by atoms with Gasteiger partial charge in [0.15, 0.2) is 0 Å². The second-order valence-corrected chi connectivity index (χ2v) is 5.96. The predicted molar refractivity (Wildman–Crippen MR) is 91.7 cm³/mol. The van der Waals surface area contributed by atoms with Crippen molar-refractivity contribution in [1.29, 1.82) is 0 Å². The minimum atomic E-state index is 0.251. The molecule has 0 spiro atoms. The van der Waals surface area contributed by atoms with Gasteiger partial charge < -0.3 is 4.74 Å². The van der Waals surface area contributed by atoms with Gasteiger partial charge in [0, 0.05) is 16.5 Å². The van der Waals surface area contributed by atoms with Crippen LogP contribution in [0.4, 0.5) is 0 Å². The van der Waals surface area contributed by atoms with Gasteiger partial charge in [-0.25, -0.2) is 0 Å². The number of fused-ring (bicyclic) bond motifs is 3. The minimum absolute atomic E-state index is 0.251. The van der Waals surface area contributed by atoms with Crippen LogP contribution in [0.2, 0.25) is 5.02 Å². The third-order valence-corrected chi connectivity index (χ3v) is 4.52. The number of hydrogen-bond donors (Lipinski definition) is 0. The molecule has 0 N–H and O–H groups in total. The van der Waals surface area contributed by atoms with Crippen molar-refractivity contribution >= 4 is 23.3 Å². The van der Waals surface area contributed by atoms with E-state index in [0.29, 0.717) is 0 Å². The third kappa shape index (κ3) is 2.01. The predicted octanol–water partition coefficient (Wildman–Crippen LogP) is 5.45. The molecule has 0 aliphatic heterocycles. The van der Waals surface area contributed by atoms with Gasteiger partial charge in [-0.3, -0.25) is 0 Å². The van der Waals surface area contributed by atoms with Crippen LogP contribution in [-0.2, 0) is 4.74 Å². The molecular formula is C20H15ClO. The van der Waals surface area contributed by atoms with Crippen LogP contribution in [0, 0.1) is 0 Å². The van der Waals surface area contributed by atoms with Crippen LogP contribution in [0.25, 0.3) is 11.6 Å². The Labute approximate surface area is 135 Å². The van der Waals surface area contributed by atoms with Crippen LogP contribution in [0.1, 0.15) is 22.6 Å². The van der Waals surface area contributed by atoms with Crippen molar-refractivity contribution in [2.24, 2.45) is 0 Å². The van der Waals surface area contributed by atoms with Crippen molar-refractivity contribution in [3.05, 3.63) is 93.7 Å². The molecule has 4 rings (SSSR count). The molecule has 0 saturated carbocycles. The van der Waals surface area contributed by atoms with Crippen molar-refractivity contribution in [3.8, 4) is 0 Å². The first-order valence-electron chi connectivity index (χ1n) is 7.31. The minimum Gasteiger partial charge on any atom is -0.496 e. The smallest absolute Gasteiger partial charge is 0.126 e. The second kappa shape index (κ2) is 5.19. The highest BCUT2D eigenvalue weighted by atomic mass is 35.5. The van der Waals surface area contributed by atoms with E-state index in [2.05, 4.69) is 48.6 Å². The first-order valence-corrected chi connectivity index (χ1v) is 7.69. The lowest BCUT2D eigenvalue weighted by molar-refractivity contribution is 0.308. The fourth-order valence-corrected chi connectivity index (χ4v) is 3.47. The molecule has 1 atom stereocenters. The van der Waals surface area contributed by atoms with E-state index in [1.54, 1.807) is 7.11 Å². The molecule has 1 unspecified atom stereocenters. The van der Waals surface area contributed by atoms with E-state index in [1.807, 2.05) is 18.2 Å². The molecule has 0 aromatic heterocycles. The molecule has 1 nitrogen and oxygen atoms in total. The van der Waals surface area contributed by atoms with Gasteiger partial charge in [-0.1, -0.05) is 54.1 Å². The third-order valence-electron chi connectivity index (χ3n) is 4.28. The average molecular weight is 307 g/mol. The number of rotatable bonds is 2. The lowest BCUT2D eigenvalue weighted by atomic mass is 9.83. The number of halogens is 1. The Morgan fingerprint density at radius 1 is 1.05 bits per heavy atom. The summed E-state index contributed by atoms with van der Waals surface area (Å²) < 4.78 is 5.60. The number of allylic oxidation sites excluding steroid dienone is 4. The first kappa shape index (κ1) is 13.4. The fourth-order valence-electron chi connectivity index (χ4n) is 3.29. The molecule has 2 aliphatic carbocycles. The van der Waals surface area contributed by atoms with Crippen LogP contribution in [0.3, 0.4) is 0 Å². The van der Waals surface area contributed by atoms with Gasteiger partial charge in [-0.15, -0.1) is 0 Å². The zero-order valence-corrected chi connectivity index (χ0v) is 13.0. The van der Waals surface area contributed by atoms with E-state index >= 15 is 0 Å². The summed E-state index contributed by atoms with van der Waals surface area (Å²) >= 11 is 6.15. The van der Waals surface area contributed by atoms with Gasteiger partial charge in [0.05, 0.1) is 7.11 Å². The van der Waals surface area contributed by atoms with Crippen LogP contribution >= 0.6 is 11.6 Å². The monoisotopic (exact) mass is 306 g/mol. The maximum Gasteiger partial charge on any atom is 0.126 e. The first-order chi connectivity index (χ1) is 10.8. The van der Waals surface area contributed by atoms with Crippen molar-refractivity contribution in [2.45, 2.75) is 5.92 Å². The summed E-state index contributed by atoms with van der Waals surface area (Å²) in [4.78, 5) is 0. The van der Waals surface area contributed by atoms with E-state index in [-0.39, 0.29) is 5.92 Å². The molecule has 0 saturated heterocycles. The summed E-state index contributed by atoms with van der Waals surface area (Å²) in [6.45, 7) is 0. The highest BCUT2D eigenvalue weighted by molar-refractivity contribution is 6.31. The average Bonchev–Trinajstić information content (AvgIpc) is 2.93. The molecule has 2 aromatic rings. The van der Waals surface area contributed by atoms with Crippen molar-refractivity contribution in [2.75, 3.05) is 7.11 Å². The lowest BCUT2D eigenvalue weighted by Gasteiger charge is -2.23. The van der Waals surface area contributed by atoms with Crippen molar-refractivity contribution < 1.29 is 4.74 Å². The summed E-state index contributed by atoms with van der Waals surface area (Å²) in [5, 5.41) is 0.762. The van der Waals surface area contributed by atoms with Gasteiger partial charge in [0.25, 0.3) is 0 Å². The number of methoxy groups -OCH3 is 1. The van der Waals surface area contributed by atoms with Crippen LogP contribution in [0.5, 0.6) is 0 Å². The Morgan fingerprint density at radius 2 is 1.86 bits per heavy atom. The molecule has 0 fully saturated rings. The number of benzene rings is 2. The maximum atomic E-state index is 6.15. The van der Waals surface area contributed by atoms with Gasteiger partial charge in [0.1, 0.15) is 5.76 Å². The lowest BCUT2D eigenvalue weighted by Crippen LogP contribution is -2.06. The standard InChI is InChI=1S/C20H15ClO/c1-22-19-10-9-16(13-5-3-2-4-6-13)18-12-14-11-15(21)7-8-17(14)20(18)19/h2-12,16H,1H3. The summed E-state index contributed by atoms with van der Waals surface area (Å²) in [5.74, 6) is 1.17. The SMILES string of the molecule is COC1=C2C(=Cc3cc(Cl)ccc32)C(c2ccccc2)C=C1. The molecule has 22 heavy (non-hydrogen) atoms. The summed E-state index contributed by atoms with van der Waals surface area (Å²) in [6.07, 6.45) is 6.52. The zero-order valence-electron chi connectivity index (χ0n) is 12.2. The zero-order chi connectivity index (χ0) is 15.1. The largest absolute Gasteiger partial charge is 0.496 e. The Bertz CT molecular complexity index is 828. The topological polar surface area (TPSA) is 9.23 Å². The van der Waals surface area contributed by atoms with Crippen LogP contribution < -0.4 is 0 Å². The Hall–Kier alpha value is -2.25. The second-order valence-electron chi connectivity index (χ2n) is 5.52. The molecule has 0 amide bonds. The highest BCUT2D eigenvalue weighted by Gasteiger charge is 2.30.